The largest absolute Gasteiger partial charge is 0.457 e. The summed E-state index contributed by atoms with van der Waals surface area (Å²) in [4.78, 5) is 2.43. The Labute approximate surface area is 352 Å². The van der Waals surface area contributed by atoms with Crippen molar-refractivity contribution in [1.29, 1.82) is 0 Å². The fourth-order valence-corrected chi connectivity index (χ4v) is 11.1. The van der Waals surface area contributed by atoms with Gasteiger partial charge in [0.2, 0.25) is 0 Å². The molecule has 0 fully saturated rings. The Morgan fingerprint density at radius 1 is 0.433 bits per heavy atom. The molecule has 0 N–H and O–H groups in total. The van der Waals surface area contributed by atoms with E-state index in [1.807, 2.05) is 0 Å². The van der Waals surface area contributed by atoms with Crippen LogP contribution in [-0.4, -0.2) is 0 Å². The van der Waals surface area contributed by atoms with Crippen molar-refractivity contribution in [2.24, 2.45) is 5.92 Å². The van der Waals surface area contributed by atoms with Gasteiger partial charge in [0.15, 0.2) is 0 Å². The maximum absolute atomic E-state index is 6.88. The fourth-order valence-electron chi connectivity index (χ4n) is 11.1. The summed E-state index contributed by atoms with van der Waals surface area (Å²) >= 11 is 0. The van der Waals surface area contributed by atoms with Gasteiger partial charge in [0.1, 0.15) is 11.5 Å². The van der Waals surface area contributed by atoms with E-state index in [0.717, 1.165) is 39.7 Å². The Morgan fingerprint density at radius 3 is 1.92 bits per heavy atom. The molecule has 1 spiro atoms. The molecule has 0 radical (unpaired) electrons. The average molecular weight is 770 g/mol. The standard InChI is InChI=1S/C58H43NO/c1-57(2)48-22-10-6-19-44(48)47-34-33-42(37-53(47)57)59(54-26-14-9-18-43(54)39-16-4-3-5-17-39)41-31-28-38(29-32-41)40-30-35-52-56(36-40)60-55-27-15-13-25-51(55)58(52)49-23-11-7-20-45(49)46-21-8-12-24-50(46)58/h3-37,45,49H,1-2H3. The second kappa shape index (κ2) is 13.2. The summed E-state index contributed by atoms with van der Waals surface area (Å²) in [5, 5.41) is 0. The number of hydrogen-bond acceptors (Lipinski definition) is 2. The number of rotatable bonds is 5. The highest BCUT2D eigenvalue weighted by molar-refractivity contribution is 5.91. The van der Waals surface area contributed by atoms with Crippen molar-refractivity contribution in [3.05, 3.63) is 246 Å². The minimum atomic E-state index is -0.354. The number of allylic oxidation sites excluding steroid dienone is 4. The van der Waals surface area contributed by atoms with E-state index in [2.05, 4.69) is 231 Å². The van der Waals surface area contributed by atoms with Crippen LogP contribution in [-0.2, 0) is 10.8 Å². The Morgan fingerprint density at radius 2 is 1.07 bits per heavy atom. The van der Waals surface area contributed by atoms with Crippen molar-refractivity contribution in [3.8, 4) is 44.9 Å². The zero-order valence-electron chi connectivity index (χ0n) is 33.7. The topological polar surface area (TPSA) is 12.5 Å². The van der Waals surface area contributed by atoms with Crippen molar-refractivity contribution >= 4 is 17.1 Å². The van der Waals surface area contributed by atoms with Crippen molar-refractivity contribution < 1.29 is 4.74 Å². The molecule has 8 aromatic rings. The van der Waals surface area contributed by atoms with Gasteiger partial charge >= 0.3 is 0 Å². The lowest BCUT2D eigenvalue weighted by Gasteiger charge is -2.43. The normalized spacial score (nSPS) is 19.4. The van der Waals surface area contributed by atoms with Gasteiger partial charge in [0.25, 0.3) is 0 Å². The first-order valence-corrected chi connectivity index (χ1v) is 21.2. The smallest absolute Gasteiger partial charge is 0.132 e. The molecule has 286 valence electrons. The molecule has 0 aromatic heterocycles. The highest BCUT2D eigenvalue weighted by atomic mass is 16.5. The fraction of sp³-hybridized carbons (Fsp3) is 0.103. The highest BCUT2D eigenvalue weighted by Gasteiger charge is 2.56. The summed E-state index contributed by atoms with van der Waals surface area (Å²) in [7, 11) is 0. The van der Waals surface area contributed by atoms with Gasteiger partial charge in [-0.25, -0.2) is 0 Å². The lowest BCUT2D eigenvalue weighted by Crippen LogP contribution is -2.37. The SMILES string of the molecule is CC1(C)c2ccccc2-c2ccc(N(c3ccc(-c4ccc5c(c4)Oc4ccccc4C54c5ccccc5C5C=CC=CC54)cc3)c3ccccc3-c3ccccc3)cc21. The first-order valence-electron chi connectivity index (χ1n) is 21.2. The summed E-state index contributed by atoms with van der Waals surface area (Å²) in [5.41, 5.74) is 18.2. The molecule has 2 nitrogen and oxygen atoms in total. The molecular weight excluding hydrogens is 727 g/mol. The minimum Gasteiger partial charge on any atom is -0.457 e. The van der Waals surface area contributed by atoms with Crippen LogP contribution in [0.5, 0.6) is 11.5 Å². The first kappa shape index (κ1) is 34.8. The number of benzene rings is 8. The lowest BCUT2D eigenvalue weighted by molar-refractivity contribution is 0.374. The molecule has 12 rings (SSSR count). The van der Waals surface area contributed by atoms with Crippen LogP contribution in [0.4, 0.5) is 17.1 Å². The van der Waals surface area contributed by atoms with Gasteiger partial charge in [0.05, 0.1) is 11.1 Å². The highest BCUT2D eigenvalue weighted by Crippen LogP contribution is 2.64. The lowest BCUT2D eigenvalue weighted by atomic mass is 9.62. The number of ether oxygens (including phenoxy) is 1. The quantitative estimate of drug-likeness (QED) is 0.173. The molecule has 0 amide bonds. The second-order valence-corrected chi connectivity index (χ2v) is 17.2. The van der Waals surface area contributed by atoms with Crippen molar-refractivity contribution in [2.75, 3.05) is 4.90 Å². The predicted molar refractivity (Wildman–Crippen MR) is 247 cm³/mol. The molecule has 0 bridgehead atoms. The van der Waals surface area contributed by atoms with E-state index in [0.29, 0.717) is 5.92 Å². The Kier molecular flexibility index (Phi) is 7.65. The van der Waals surface area contributed by atoms with Crippen LogP contribution < -0.4 is 9.64 Å². The molecule has 3 aliphatic carbocycles. The van der Waals surface area contributed by atoms with Gasteiger partial charge in [-0.1, -0.05) is 184 Å². The Hall–Kier alpha value is -7.16. The molecule has 1 aliphatic heterocycles. The van der Waals surface area contributed by atoms with E-state index >= 15 is 0 Å². The summed E-state index contributed by atoms with van der Waals surface area (Å²) in [6.45, 7) is 4.71. The molecule has 1 heterocycles. The van der Waals surface area contributed by atoms with E-state index in [4.69, 9.17) is 4.74 Å². The molecule has 8 aromatic carbocycles. The van der Waals surface area contributed by atoms with Gasteiger partial charge < -0.3 is 9.64 Å². The van der Waals surface area contributed by atoms with E-state index < -0.39 is 0 Å². The number of hydrogen-bond donors (Lipinski definition) is 0. The van der Waals surface area contributed by atoms with E-state index in [1.54, 1.807) is 0 Å². The Balaban J connectivity index is 0.981. The minimum absolute atomic E-state index is 0.116. The molecule has 3 atom stereocenters. The van der Waals surface area contributed by atoms with E-state index in [-0.39, 0.29) is 16.7 Å². The summed E-state index contributed by atoms with van der Waals surface area (Å²) in [6.07, 6.45) is 9.25. The number of fused-ring (bicyclic) bond motifs is 12. The number of anilines is 3. The van der Waals surface area contributed by atoms with Crippen LogP contribution >= 0.6 is 0 Å². The van der Waals surface area contributed by atoms with Crippen LogP contribution in [0.2, 0.25) is 0 Å². The van der Waals surface area contributed by atoms with Gasteiger partial charge in [-0.3, -0.25) is 0 Å². The van der Waals surface area contributed by atoms with Crippen LogP contribution in [0.1, 0.15) is 53.1 Å². The predicted octanol–water partition coefficient (Wildman–Crippen LogP) is 15.1. The van der Waals surface area contributed by atoms with Crippen LogP contribution in [0, 0.1) is 5.92 Å². The third-order valence-electron chi connectivity index (χ3n) is 13.8. The molecule has 60 heavy (non-hydrogen) atoms. The zero-order valence-corrected chi connectivity index (χ0v) is 33.7. The van der Waals surface area contributed by atoms with Crippen LogP contribution in [0.3, 0.4) is 0 Å². The third kappa shape index (κ3) is 4.94. The second-order valence-electron chi connectivity index (χ2n) is 17.2. The number of nitrogens with zero attached hydrogens (tertiary/aromatic N) is 1. The maximum atomic E-state index is 6.88. The zero-order chi connectivity index (χ0) is 40.0. The van der Waals surface area contributed by atoms with Crippen LogP contribution in [0.15, 0.2) is 212 Å². The summed E-state index contributed by atoms with van der Waals surface area (Å²) < 4.78 is 6.88. The van der Waals surface area contributed by atoms with Gasteiger partial charge in [-0.2, -0.15) is 0 Å². The van der Waals surface area contributed by atoms with Crippen molar-refractivity contribution in [3.63, 3.8) is 0 Å². The average Bonchev–Trinajstić information content (AvgIpc) is 3.72. The summed E-state index contributed by atoms with van der Waals surface area (Å²) in [6, 6.07) is 69.1. The van der Waals surface area contributed by atoms with Crippen molar-refractivity contribution in [1.82, 2.24) is 0 Å². The van der Waals surface area contributed by atoms with Crippen molar-refractivity contribution in [2.45, 2.75) is 30.6 Å². The molecule has 0 saturated heterocycles. The first-order chi connectivity index (χ1) is 29.5. The van der Waals surface area contributed by atoms with E-state index in [9.17, 15) is 0 Å². The monoisotopic (exact) mass is 769 g/mol. The Bertz CT molecular complexity index is 3060. The van der Waals surface area contributed by atoms with Gasteiger partial charge in [-0.15, -0.1) is 0 Å². The molecular formula is C58H43NO. The summed E-state index contributed by atoms with van der Waals surface area (Å²) in [5.74, 6) is 2.41. The van der Waals surface area contributed by atoms with Gasteiger partial charge in [-0.05, 0) is 92.5 Å². The van der Waals surface area contributed by atoms with Crippen LogP contribution in [0.25, 0.3) is 33.4 Å². The molecule has 3 unspecified atom stereocenters. The maximum Gasteiger partial charge on any atom is 0.132 e. The molecule has 0 saturated carbocycles. The van der Waals surface area contributed by atoms with Gasteiger partial charge in [0, 0.05) is 45.3 Å². The third-order valence-corrected chi connectivity index (χ3v) is 13.8. The van der Waals surface area contributed by atoms with E-state index in [1.165, 1.54) is 55.6 Å². The molecule has 2 heteroatoms. The molecule has 4 aliphatic rings. The number of para-hydroxylation sites is 2.